The molecule has 0 spiro atoms. The van der Waals surface area contributed by atoms with Crippen molar-refractivity contribution in [1.82, 2.24) is 9.62 Å². The molecular weight excluding hydrogens is 320 g/mol. The Balaban J connectivity index is 1.56. The molecule has 2 saturated heterocycles. The number of nitrogens with one attached hydrogen (secondary N) is 1. The van der Waals surface area contributed by atoms with Crippen molar-refractivity contribution < 1.29 is 13.2 Å². The summed E-state index contributed by atoms with van der Waals surface area (Å²) >= 11 is 1.81. The van der Waals surface area contributed by atoms with Gasteiger partial charge in [0, 0.05) is 42.9 Å². The lowest BCUT2D eigenvalue weighted by molar-refractivity contribution is 0.0943. The number of nitrogens with zero attached hydrogens (tertiary/aromatic N) is 1. The molecule has 1 N–H and O–H groups in total. The number of fused-ring (bicyclic) bond motifs is 1. The zero-order valence-corrected chi connectivity index (χ0v) is 14.8. The summed E-state index contributed by atoms with van der Waals surface area (Å²) in [4.78, 5) is 3.86. The minimum atomic E-state index is -3.11. The number of hydrogen-bond acceptors (Lipinski definition) is 5. The van der Waals surface area contributed by atoms with Crippen LogP contribution < -0.4 is 4.72 Å². The maximum Gasteiger partial charge on any atom is 0.211 e. The van der Waals surface area contributed by atoms with E-state index >= 15 is 0 Å². The third-order valence-corrected chi connectivity index (χ3v) is 7.17. The fraction of sp³-hybridized carbons (Fsp3) is 0.733. The summed E-state index contributed by atoms with van der Waals surface area (Å²) in [5.74, 6) is 0.874. The average Bonchev–Trinajstić information content (AvgIpc) is 3.15. The SMILES string of the molecule is CCS(=O)(=O)NC[C@H]1CO[C@H]2CN(Cc3sccc3C)C[C@@H]12. The van der Waals surface area contributed by atoms with Crippen molar-refractivity contribution in [1.29, 1.82) is 0 Å². The van der Waals surface area contributed by atoms with Gasteiger partial charge in [0.25, 0.3) is 0 Å². The highest BCUT2D eigenvalue weighted by Gasteiger charge is 2.43. The van der Waals surface area contributed by atoms with Gasteiger partial charge in [-0.15, -0.1) is 11.3 Å². The van der Waals surface area contributed by atoms with Gasteiger partial charge in [0.15, 0.2) is 0 Å². The molecule has 3 atom stereocenters. The Labute approximate surface area is 136 Å². The lowest BCUT2D eigenvalue weighted by Gasteiger charge is -2.19. The van der Waals surface area contributed by atoms with E-state index in [0.29, 0.717) is 25.0 Å². The van der Waals surface area contributed by atoms with E-state index in [0.717, 1.165) is 19.6 Å². The van der Waals surface area contributed by atoms with Crippen LogP contribution in [0.4, 0.5) is 0 Å². The standard InChI is InChI=1S/C15H24N2O3S2/c1-3-22(18,19)16-6-12-10-20-14-8-17(7-13(12)14)9-15-11(2)4-5-21-15/h4-5,12-14,16H,3,6-10H2,1-2H3/t12-,13-,14-/m0/s1. The predicted octanol–water partition coefficient (Wildman–Crippen LogP) is 1.44. The highest BCUT2D eigenvalue weighted by molar-refractivity contribution is 7.89. The number of ether oxygens (including phenoxy) is 1. The summed E-state index contributed by atoms with van der Waals surface area (Å²) in [6.07, 6.45) is 0.261. The topological polar surface area (TPSA) is 58.6 Å². The van der Waals surface area contributed by atoms with Crippen LogP contribution in [0.25, 0.3) is 0 Å². The van der Waals surface area contributed by atoms with Gasteiger partial charge in [-0.05, 0) is 30.9 Å². The van der Waals surface area contributed by atoms with E-state index in [1.54, 1.807) is 6.92 Å². The van der Waals surface area contributed by atoms with Crippen LogP contribution in [-0.2, 0) is 21.3 Å². The summed E-state index contributed by atoms with van der Waals surface area (Å²) in [7, 11) is -3.11. The molecule has 0 saturated carbocycles. The average molecular weight is 345 g/mol. The molecule has 2 fully saturated rings. The molecule has 3 rings (SSSR count). The van der Waals surface area contributed by atoms with Crippen molar-refractivity contribution in [2.24, 2.45) is 11.8 Å². The van der Waals surface area contributed by atoms with Crippen molar-refractivity contribution in [3.05, 3.63) is 21.9 Å². The normalized spacial score (nSPS) is 29.1. The Hall–Kier alpha value is -0.470. The van der Waals surface area contributed by atoms with Gasteiger partial charge in [0.1, 0.15) is 0 Å². The predicted molar refractivity (Wildman–Crippen MR) is 88.5 cm³/mol. The first-order valence-electron chi connectivity index (χ1n) is 7.82. The Kier molecular flexibility index (Phi) is 4.89. The second-order valence-corrected chi connectivity index (χ2v) is 9.36. The number of thiophene rings is 1. The van der Waals surface area contributed by atoms with Crippen LogP contribution >= 0.6 is 11.3 Å². The molecule has 0 amide bonds. The first kappa shape index (κ1) is 16.4. The molecule has 1 aromatic rings. The quantitative estimate of drug-likeness (QED) is 0.848. The van der Waals surface area contributed by atoms with Crippen LogP contribution in [0.15, 0.2) is 11.4 Å². The third-order valence-electron chi connectivity index (χ3n) is 4.80. The molecule has 22 heavy (non-hydrogen) atoms. The van der Waals surface area contributed by atoms with Gasteiger partial charge in [-0.3, -0.25) is 4.90 Å². The van der Waals surface area contributed by atoms with Crippen LogP contribution in [0.3, 0.4) is 0 Å². The molecule has 3 heterocycles. The minimum absolute atomic E-state index is 0.137. The van der Waals surface area contributed by atoms with Gasteiger partial charge < -0.3 is 4.74 Å². The van der Waals surface area contributed by atoms with Crippen molar-refractivity contribution in [2.45, 2.75) is 26.5 Å². The molecule has 0 aliphatic carbocycles. The summed E-state index contributed by atoms with van der Waals surface area (Å²) < 4.78 is 31.8. The Bertz CT molecular complexity index is 614. The van der Waals surface area contributed by atoms with Crippen molar-refractivity contribution in [2.75, 3.05) is 32.0 Å². The minimum Gasteiger partial charge on any atom is -0.376 e. The number of sulfonamides is 1. The van der Waals surface area contributed by atoms with Gasteiger partial charge >= 0.3 is 0 Å². The molecular formula is C15H24N2O3S2. The number of rotatable bonds is 6. The fourth-order valence-corrected chi connectivity index (χ4v) is 4.94. The molecule has 7 heteroatoms. The summed E-state index contributed by atoms with van der Waals surface area (Å²) in [5, 5.41) is 2.14. The van der Waals surface area contributed by atoms with Crippen molar-refractivity contribution >= 4 is 21.4 Å². The lowest BCUT2D eigenvalue weighted by atomic mass is 9.93. The fourth-order valence-electron chi connectivity index (χ4n) is 3.32. The molecule has 2 aliphatic heterocycles. The smallest absolute Gasteiger partial charge is 0.211 e. The Morgan fingerprint density at radius 1 is 1.45 bits per heavy atom. The second kappa shape index (κ2) is 6.57. The summed E-state index contributed by atoms with van der Waals surface area (Å²) in [5.41, 5.74) is 1.36. The second-order valence-electron chi connectivity index (χ2n) is 6.27. The van der Waals surface area contributed by atoms with Gasteiger partial charge in [-0.1, -0.05) is 0 Å². The molecule has 0 bridgehead atoms. The zero-order valence-electron chi connectivity index (χ0n) is 13.1. The van der Waals surface area contributed by atoms with E-state index in [1.165, 1.54) is 10.4 Å². The molecule has 0 radical (unpaired) electrons. The molecule has 1 aromatic heterocycles. The van der Waals surface area contributed by atoms with E-state index < -0.39 is 10.0 Å². The monoisotopic (exact) mass is 344 g/mol. The first-order chi connectivity index (χ1) is 10.5. The van der Waals surface area contributed by atoms with E-state index in [1.807, 2.05) is 11.3 Å². The molecule has 2 aliphatic rings. The summed E-state index contributed by atoms with van der Waals surface area (Å²) in [6.45, 7) is 7.93. The van der Waals surface area contributed by atoms with E-state index in [-0.39, 0.29) is 11.9 Å². The molecule has 0 aromatic carbocycles. The zero-order chi connectivity index (χ0) is 15.7. The summed E-state index contributed by atoms with van der Waals surface area (Å²) in [6, 6.07) is 2.16. The highest BCUT2D eigenvalue weighted by Crippen LogP contribution is 2.34. The Morgan fingerprint density at radius 3 is 2.95 bits per heavy atom. The molecule has 124 valence electrons. The van der Waals surface area contributed by atoms with Gasteiger partial charge in [-0.2, -0.15) is 0 Å². The maximum atomic E-state index is 11.6. The van der Waals surface area contributed by atoms with Crippen LogP contribution in [0.5, 0.6) is 0 Å². The number of likely N-dealkylation sites (tertiary alicyclic amines) is 1. The third kappa shape index (κ3) is 3.54. The number of hydrogen-bond donors (Lipinski definition) is 1. The van der Waals surface area contributed by atoms with Crippen LogP contribution in [-0.4, -0.2) is 51.4 Å². The first-order valence-corrected chi connectivity index (χ1v) is 10.4. The largest absolute Gasteiger partial charge is 0.376 e. The highest BCUT2D eigenvalue weighted by atomic mass is 32.2. The lowest BCUT2D eigenvalue weighted by Crippen LogP contribution is -2.34. The number of aryl methyl sites for hydroxylation is 1. The maximum absolute atomic E-state index is 11.6. The molecule has 5 nitrogen and oxygen atoms in total. The van der Waals surface area contributed by atoms with Crippen molar-refractivity contribution in [3.8, 4) is 0 Å². The van der Waals surface area contributed by atoms with E-state index in [4.69, 9.17) is 4.74 Å². The van der Waals surface area contributed by atoms with Crippen LogP contribution in [0.1, 0.15) is 17.4 Å². The Morgan fingerprint density at radius 2 is 2.27 bits per heavy atom. The van der Waals surface area contributed by atoms with Crippen LogP contribution in [0.2, 0.25) is 0 Å². The van der Waals surface area contributed by atoms with E-state index in [9.17, 15) is 8.42 Å². The van der Waals surface area contributed by atoms with Gasteiger partial charge in [0.2, 0.25) is 10.0 Å². The van der Waals surface area contributed by atoms with Gasteiger partial charge in [-0.25, -0.2) is 13.1 Å². The van der Waals surface area contributed by atoms with Crippen molar-refractivity contribution in [3.63, 3.8) is 0 Å². The van der Waals surface area contributed by atoms with Crippen LogP contribution in [0, 0.1) is 18.8 Å². The molecule has 0 unspecified atom stereocenters. The van der Waals surface area contributed by atoms with E-state index in [2.05, 4.69) is 28.0 Å². The van der Waals surface area contributed by atoms with Gasteiger partial charge in [0.05, 0.1) is 18.5 Å².